The molecular formula is C13H17N3O3S. The fourth-order valence-electron chi connectivity index (χ4n) is 2.43. The molecule has 108 valence electrons. The predicted molar refractivity (Wildman–Crippen MR) is 74.9 cm³/mol. The largest absolute Gasteiger partial charge is 0.465 e. The van der Waals surface area contributed by atoms with Crippen LogP contribution in [0.25, 0.3) is 0 Å². The van der Waals surface area contributed by atoms with Crippen molar-refractivity contribution in [1.29, 1.82) is 0 Å². The third-order valence-electron chi connectivity index (χ3n) is 3.75. The summed E-state index contributed by atoms with van der Waals surface area (Å²) in [4.78, 5) is 30.5. The molecular weight excluding hydrogens is 278 g/mol. The molecule has 1 atom stereocenters. The summed E-state index contributed by atoms with van der Waals surface area (Å²) in [6.45, 7) is 1.08. The van der Waals surface area contributed by atoms with Crippen LogP contribution in [0, 0.1) is 5.92 Å². The zero-order chi connectivity index (χ0) is 14.3. The Morgan fingerprint density at radius 1 is 1.55 bits per heavy atom. The second-order valence-corrected chi connectivity index (χ2v) is 6.26. The fraction of sp³-hybridized carbons (Fsp3) is 0.615. The lowest BCUT2D eigenvalue weighted by Gasteiger charge is -2.11. The number of hydrogen-bond donors (Lipinski definition) is 1. The normalized spacial score (nSPS) is 22.4. The van der Waals surface area contributed by atoms with Crippen molar-refractivity contribution in [3.05, 3.63) is 10.6 Å². The molecule has 2 heterocycles. The molecule has 0 spiro atoms. The summed E-state index contributed by atoms with van der Waals surface area (Å²) in [5, 5.41) is 0.605. The van der Waals surface area contributed by atoms with Crippen LogP contribution in [-0.4, -0.2) is 37.1 Å². The van der Waals surface area contributed by atoms with Crippen molar-refractivity contribution in [3.63, 3.8) is 0 Å². The summed E-state index contributed by atoms with van der Waals surface area (Å²) in [5.74, 6) is 0.195. The van der Waals surface area contributed by atoms with Crippen LogP contribution in [0.15, 0.2) is 0 Å². The highest BCUT2D eigenvalue weighted by Crippen LogP contribution is 2.44. The van der Waals surface area contributed by atoms with Crippen LogP contribution in [0.1, 0.15) is 40.5 Å². The minimum atomic E-state index is -0.363. The first-order valence-corrected chi connectivity index (χ1v) is 7.55. The molecule has 2 N–H and O–H groups in total. The van der Waals surface area contributed by atoms with Gasteiger partial charge < -0.3 is 10.5 Å². The van der Waals surface area contributed by atoms with E-state index in [1.807, 2.05) is 0 Å². The quantitative estimate of drug-likeness (QED) is 0.841. The number of aromatic nitrogens is 1. The maximum atomic E-state index is 12.0. The summed E-state index contributed by atoms with van der Waals surface area (Å²) in [6, 6.07) is 0. The van der Waals surface area contributed by atoms with E-state index in [0.717, 1.165) is 18.5 Å². The topological polar surface area (TPSA) is 85.5 Å². The number of rotatable bonds is 4. The Morgan fingerprint density at radius 2 is 2.30 bits per heavy atom. The average Bonchev–Trinajstić information content (AvgIpc) is 3.09. The van der Waals surface area contributed by atoms with E-state index >= 15 is 0 Å². The highest BCUT2D eigenvalue weighted by molar-refractivity contribution is 7.17. The van der Waals surface area contributed by atoms with Gasteiger partial charge in [-0.1, -0.05) is 11.3 Å². The average molecular weight is 295 g/mol. The minimum Gasteiger partial charge on any atom is -0.465 e. The van der Waals surface area contributed by atoms with Gasteiger partial charge in [0.1, 0.15) is 4.88 Å². The molecule has 2 fully saturated rings. The number of esters is 1. The first-order valence-electron chi connectivity index (χ1n) is 6.73. The number of nitrogens with zero attached hydrogens (tertiary/aromatic N) is 2. The van der Waals surface area contributed by atoms with Crippen LogP contribution >= 0.6 is 11.3 Å². The lowest BCUT2D eigenvalue weighted by molar-refractivity contribution is -0.117. The zero-order valence-electron chi connectivity index (χ0n) is 11.3. The van der Waals surface area contributed by atoms with Crippen LogP contribution < -0.4 is 10.6 Å². The lowest BCUT2D eigenvalue weighted by Crippen LogP contribution is -2.25. The minimum absolute atomic E-state index is 0.0352. The van der Waals surface area contributed by atoms with E-state index in [0.29, 0.717) is 35.4 Å². The van der Waals surface area contributed by atoms with Gasteiger partial charge in [-0.3, -0.25) is 9.69 Å². The first kappa shape index (κ1) is 13.5. The molecule has 0 bridgehead atoms. The molecule has 1 saturated heterocycles. The molecule has 2 aliphatic rings. The Morgan fingerprint density at radius 3 is 2.85 bits per heavy atom. The number of thiazole rings is 1. The van der Waals surface area contributed by atoms with Crippen molar-refractivity contribution in [2.45, 2.75) is 25.2 Å². The van der Waals surface area contributed by atoms with Gasteiger partial charge in [0.15, 0.2) is 5.13 Å². The van der Waals surface area contributed by atoms with Gasteiger partial charge in [-0.2, -0.15) is 0 Å². The molecule has 1 amide bonds. The summed E-state index contributed by atoms with van der Waals surface area (Å²) in [6.07, 6.45) is 2.56. The molecule has 1 aromatic rings. The second kappa shape index (κ2) is 5.14. The van der Waals surface area contributed by atoms with Gasteiger partial charge in [0.05, 0.1) is 12.8 Å². The molecule has 1 aliphatic carbocycles. The number of hydrogen-bond acceptors (Lipinski definition) is 6. The van der Waals surface area contributed by atoms with Gasteiger partial charge >= 0.3 is 5.97 Å². The number of anilines is 1. The highest BCUT2D eigenvalue weighted by Gasteiger charge is 2.36. The zero-order valence-corrected chi connectivity index (χ0v) is 12.1. The van der Waals surface area contributed by atoms with E-state index in [1.165, 1.54) is 18.4 Å². The molecule has 0 radical (unpaired) electrons. The fourth-order valence-corrected chi connectivity index (χ4v) is 3.53. The van der Waals surface area contributed by atoms with E-state index < -0.39 is 0 Å². The number of methoxy groups -OCH3 is 1. The van der Waals surface area contributed by atoms with Crippen LogP contribution in [-0.2, 0) is 9.53 Å². The molecule has 1 saturated carbocycles. The number of carbonyl (C=O) groups excluding carboxylic acids is 2. The Bertz CT molecular complexity index is 553. The first-order chi connectivity index (χ1) is 9.63. The molecule has 1 unspecified atom stereocenters. The standard InChI is InChI=1S/C13H17N3O3S/c1-19-12(18)11-10(8-2-3-8)15-13(20-11)16-6-7(5-14)4-9(16)17/h7-8H,2-6,14H2,1H3. The van der Waals surface area contributed by atoms with E-state index in [4.69, 9.17) is 10.5 Å². The van der Waals surface area contributed by atoms with Crippen molar-refractivity contribution in [2.24, 2.45) is 11.7 Å². The van der Waals surface area contributed by atoms with Crippen molar-refractivity contribution in [3.8, 4) is 0 Å². The van der Waals surface area contributed by atoms with E-state index in [2.05, 4.69) is 4.98 Å². The Kier molecular flexibility index (Phi) is 3.47. The van der Waals surface area contributed by atoms with E-state index in [-0.39, 0.29) is 17.8 Å². The molecule has 20 heavy (non-hydrogen) atoms. The summed E-state index contributed by atoms with van der Waals surface area (Å²) >= 11 is 1.25. The highest BCUT2D eigenvalue weighted by atomic mass is 32.1. The second-order valence-electron chi connectivity index (χ2n) is 5.29. The summed E-state index contributed by atoms with van der Waals surface area (Å²) in [5.41, 5.74) is 6.42. The number of amides is 1. The van der Waals surface area contributed by atoms with Gasteiger partial charge in [0, 0.05) is 18.9 Å². The number of carbonyl (C=O) groups is 2. The van der Waals surface area contributed by atoms with Crippen molar-refractivity contribution in [1.82, 2.24) is 4.98 Å². The molecule has 3 rings (SSSR count). The third kappa shape index (κ3) is 2.31. The Labute approximate surface area is 120 Å². The predicted octanol–water partition coefficient (Wildman–Crippen LogP) is 1.12. The maximum Gasteiger partial charge on any atom is 0.350 e. The summed E-state index contributed by atoms with van der Waals surface area (Å²) < 4.78 is 4.81. The SMILES string of the molecule is COC(=O)c1sc(N2CC(CN)CC2=O)nc1C1CC1. The molecule has 0 aromatic carbocycles. The smallest absolute Gasteiger partial charge is 0.350 e. The lowest BCUT2D eigenvalue weighted by atomic mass is 10.1. The summed E-state index contributed by atoms with van der Waals surface area (Å²) in [7, 11) is 1.36. The van der Waals surface area contributed by atoms with Gasteiger partial charge in [-0.15, -0.1) is 0 Å². The van der Waals surface area contributed by atoms with Crippen molar-refractivity contribution < 1.29 is 14.3 Å². The van der Waals surface area contributed by atoms with Gasteiger partial charge in [0.25, 0.3) is 0 Å². The Balaban J connectivity index is 1.90. The Hall–Kier alpha value is -1.47. The van der Waals surface area contributed by atoms with E-state index in [1.54, 1.807) is 4.90 Å². The van der Waals surface area contributed by atoms with Gasteiger partial charge in [-0.25, -0.2) is 9.78 Å². The maximum absolute atomic E-state index is 12.0. The van der Waals surface area contributed by atoms with Gasteiger partial charge in [-0.05, 0) is 25.3 Å². The van der Waals surface area contributed by atoms with Crippen LogP contribution in [0.5, 0.6) is 0 Å². The third-order valence-corrected chi connectivity index (χ3v) is 4.82. The number of ether oxygens (including phenoxy) is 1. The van der Waals surface area contributed by atoms with Crippen LogP contribution in [0.4, 0.5) is 5.13 Å². The molecule has 6 nitrogen and oxygen atoms in total. The van der Waals surface area contributed by atoms with Crippen molar-refractivity contribution in [2.75, 3.05) is 25.1 Å². The van der Waals surface area contributed by atoms with E-state index in [9.17, 15) is 9.59 Å². The van der Waals surface area contributed by atoms with Crippen LogP contribution in [0.2, 0.25) is 0 Å². The van der Waals surface area contributed by atoms with Crippen LogP contribution in [0.3, 0.4) is 0 Å². The van der Waals surface area contributed by atoms with Crippen molar-refractivity contribution >= 4 is 28.3 Å². The number of nitrogens with two attached hydrogens (primary N) is 1. The van der Waals surface area contributed by atoms with Gasteiger partial charge in [0.2, 0.25) is 5.91 Å². The monoisotopic (exact) mass is 295 g/mol. The molecule has 1 aromatic heterocycles. The molecule has 1 aliphatic heterocycles. The molecule has 7 heteroatoms.